The molecule has 0 aliphatic rings. The van der Waals surface area contributed by atoms with E-state index in [4.69, 9.17) is 29.7 Å². The molecule has 6 nitrogen and oxygen atoms in total. The van der Waals surface area contributed by atoms with Crippen molar-refractivity contribution in [1.29, 1.82) is 0 Å². The van der Waals surface area contributed by atoms with Gasteiger partial charge in [-0.3, -0.25) is 4.55 Å². The molecular formula is C18H18N2O4S2. The molecular weight excluding hydrogens is 372 g/mol. The summed E-state index contributed by atoms with van der Waals surface area (Å²) in [5.41, 5.74) is 4.45. The Bertz CT molecular complexity index is 973. The van der Waals surface area contributed by atoms with E-state index in [1.54, 1.807) is 0 Å². The van der Waals surface area contributed by atoms with E-state index in [1.165, 1.54) is 0 Å². The number of para-hydroxylation sites is 2. The average molecular weight is 390 g/mol. The van der Waals surface area contributed by atoms with Crippen LogP contribution in [0.25, 0.3) is 11.4 Å². The second-order valence-electron chi connectivity index (χ2n) is 5.48. The smallest absolute Gasteiger partial charge is 0.361 e. The van der Waals surface area contributed by atoms with Gasteiger partial charge in [-0.25, -0.2) is 8.42 Å². The monoisotopic (exact) mass is 390 g/mol. The van der Waals surface area contributed by atoms with Gasteiger partial charge in [0, 0.05) is 18.3 Å². The maximum Gasteiger partial charge on any atom is 0.361 e. The Morgan fingerprint density at radius 1 is 1.00 bits per heavy atom. The largest absolute Gasteiger partial charge is 0.726 e. The van der Waals surface area contributed by atoms with E-state index in [2.05, 4.69) is 53.3 Å². The van der Waals surface area contributed by atoms with Gasteiger partial charge in [-0.2, -0.15) is 9.13 Å². The number of rotatable bonds is 2. The van der Waals surface area contributed by atoms with Gasteiger partial charge in [0.15, 0.2) is 0 Å². The fraction of sp³-hybridized carbons (Fsp3) is 0.111. The van der Waals surface area contributed by atoms with Gasteiger partial charge >= 0.3 is 4.77 Å². The minimum absolute atomic E-state index is 0.782. The lowest BCUT2D eigenvalue weighted by molar-refractivity contribution is -0.614. The maximum absolute atomic E-state index is 8.63. The topological polar surface area (TPSA) is 86.2 Å². The second-order valence-corrected chi connectivity index (χ2v) is 6.70. The van der Waals surface area contributed by atoms with Crippen molar-refractivity contribution >= 4 is 22.6 Å². The molecule has 0 spiro atoms. The number of hydrogen-bond acceptors (Lipinski definition) is 4. The van der Waals surface area contributed by atoms with Gasteiger partial charge in [0.1, 0.15) is 22.8 Å². The number of hydrogen-bond donors (Lipinski definition) is 1. The molecule has 3 rings (SSSR count). The van der Waals surface area contributed by atoms with Crippen LogP contribution in [0.15, 0.2) is 66.7 Å². The molecule has 1 heterocycles. The minimum atomic E-state index is -4.92. The van der Waals surface area contributed by atoms with Gasteiger partial charge in [-0.15, -0.1) is 0 Å². The molecule has 0 radical (unpaired) electrons. The van der Waals surface area contributed by atoms with Crippen molar-refractivity contribution in [2.24, 2.45) is 0 Å². The Morgan fingerprint density at radius 2 is 1.46 bits per heavy atom. The predicted molar refractivity (Wildman–Crippen MR) is 99.9 cm³/mol. The molecule has 1 aromatic heterocycles. The normalized spacial score (nSPS) is 10.8. The predicted octanol–water partition coefficient (Wildman–Crippen LogP) is 3.10. The van der Waals surface area contributed by atoms with E-state index in [0.29, 0.717) is 0 Å². The van der Waals surface area contributed by atoms with Crippen LogP contribution in [0.1, 0.15) is 11.4 Å². The van der Waals surface area contributed by atoms with Crippen molar-refractivity contribution in [1.82, 2.24) is 4.57 Å². The number of nitrogens with zero attached hydrogens (tertiary/aromatic N) is 2. The number of aryl methyl sites for hydroxylation is 2. The van der Waals surface area contributed by atoms with Crippen LogP contribution in [-0.2, 0) is 10.4 Å². The third-order valence-electron chi connectivity index (χ3n) is 3.53. The number of benzene rings is 2. The molecule has 0 fully saturated rings. The van der Waals surface area contributed by atoms with E-state index < -0.39 is 10.4 Å². The van der Waals surface area contributed by atoms with Crippen molar-refractivity contribution in [3.8, 4) is 11.4 Å². The van der Waals surface area contributed by atoms with Crippen molar-refractivity contribution in [3.05, 3.63) is 82.9 Å². The minimum Gasteiger partial charge on any atom is -0.726 e. The van der Waals surface area contributed by atoms with Crippen LogP contribution in [-0.4, -0.2) is 22.1 Å². The highest BCUT2D eigenvalue weighted by Gasteiger charge is 2.17. The number of aromatic nitrogens is 2. The molecule has 0 aliphatic heterocycles. The molecule has 0 aliphatic carbocycles. The van der Waals surface area contributed by atoms with Crippen molar-refractivity contribution < 1.29 is 22.1 Å². The van der Waals surface area contributed by atoms with Crippen LogP contribution in [0.2, 0.25) is 0 Å². The fourth-order valence-corrected chi connectivity index (χ4v) is 3.11. The first-order chi connectivity index (χ1) is 12.2. The van der Waals surface area contributed by atoms with E-state index >= 15 is 0 Å². The molecule has 0 saturated carbocycles. The fourth-order valence-electron chi connectivity index (χ4n) is 2.62. The molecule has 26 heavy (non-hydrogen) atoms. The zero-order valence-electron chi connectivity index (χ0n) is 14.2. The first-order valence-corrected chi connectivity index (χ1v) is 9.40. The Labute approximate surface area is 157 Å². The summed E-state index contributed by atoms with van der Waals surface area (Å²) in [7, 11) is -4.92. The summed E-state index contributed by atoms with van der Waals surface area (Å²) in [6.07, 6.45) is 0. The third-order valence-corrected chi connectivity index (χ3v) is 3.90. The highest BCUT2D eigenvalue weighted by atomic mass is 32.3. The van der Waals surface area contributed by atoms with Gasteiger partial charge in [-0.1, -0.05) is 36.4 Å². The maximum atomic E-state index is 8.63. The van der Waals surface area contributed by atoms with Crippen LogP contribution >= 0.6 is 12.2 Å². The summed E-state index contributed by atoms with van der Waals surface area (Å²) in [5.74, 6) is 0. The first-order valence-electron chi connectivity index (χ1n) is 7.63. The van der Waals surface area contributed by atoms with Crippen LogP contribution in [0.5, 0.6) is 0 Å². The molecule has 0 saturated heterocycles. The molecule has 8 heteroatoms. The standard InChI is InChI=1S/C18H17N2S.H2O4S/c1-14-13-15(2)20(17-11-7-4-8-12-17)18(21)19(14)16-9-5-3-6-10-16;1-5(2,3)4/h3-13H,1-2H3;(H2,1,2,3,4)/q+1;/p-1. The highest BCUT2D eigenvalue weighted by molar-refractivity contribution is 7.79. The van der Waals surface area contributed by atoms with E-state index in [0.717, 1.165) is 27.5 Å². The quantitative estimate of drug-likeness (QED) is 0.314. The lowest BCUT2D eigenvalue weighted by atomic mass is 10.2. The van der Waals surface area contributed by atoms with Gasteiger partial charge in [0.25, 0.3) is 0 Å². The van der Waals surface area contributed by atoms with Crippen molar-refractivity contribution in [2.45, 2.75) is 13.8 Å². The Kier molecular flexibility index (Phi) is 6.38. The van der Waals surface area contributed by atoms with Gasteiger partial charge in [-0.05, 0) is 38.1 Å². The summed E-state index contributed by atoms with van der Waals surface area (Å²) >= 11 is 5.76. The lowest BCUT2D eigenvalue weighted by Crippen LogP contribution is -2.39. The molecule has 1 N–H and O–H groups in total. The van der Waals surface area contributed by atoms with Gasteiger partial charge in [0.2, 0.25) is 10.4 Å². The summed E-state index contributed by atoms with van der Waals surface area (Å²) < 4.78 is 37.8. The van der Waals surface area contributed by atoms with Gasteiger partial charge in [0.05, 0.1) is 0 Å². The molecule has 3 aromatic rings. The molecule has 2 aromatic carbocycles. The molecule has 136 valence electrons. The summed E-state index contributed by atoms with van der Waals surface area (Å²) in [5, 5.41) is 0. The van der Waals surface area contributed by atoms with Crippen LogP contribution in [0, 0.1) is 18.6 Å². The first kappa shape index (κ1) is 19.9. The average Bonchev–Trinajstić information content (AvgIpc) is 2.55. The van der Waals surface area contributed by atoms with Crippen molar-refractivity contribution in [3.63, 3.8) is 0 Å². The zero-order chi connectivity index (χ0) is 19.3. The summed E-state index contributed by atoms with van der Waals surface area (Å²) in [6.45, 7) is 4.18. The van der Waals surface area contributed by atoms with E-state index in [9.17, 15) is 0 Å². The van der Waals surface area contributed by atoms with Crippen LogP contribution in [0.3, 0.4) is 0 Å². The second kappa shape index (κ2) is 8.33. The van der Waals surface area contributed by atoms with Gasteiger partial charge < -0.3 is 4.55 Å². The van der Waals surface area contributed by atoms with E-state index in [1.807, 2.05) is 36.4 Å². The van der Waals surface area contributed by atoms with Crippen molar-refractivity contribution in [2.75, 3.05) is 0 Å². The van der Waals surface area contributed by atoms with Crippen LogP contribution < -0.4 is 4.57 Å². The zero-order valence-corrected chi connectivity index (χ0v) is 15.9. The van der Waals surface area contributed by atoms with E-state index in [-0.39, 0.29) is 0 Å². The Balaban J connectivity index is 0.000000431. The highest BCUT2D eigenvalue weighted by Crippen LogP contribution is 2.13. The molecule has 0 bridgehead atoms. The Morgan fingerprint density at radius 3 is 1.96 bits per heavy atom. The molecule has 0 unspecified atom stereocenters. The summed E-state index contributed by atoms with van der Waals surface area (Å²) in [6, 6.07) is 22.6. The molecule has 0 atom stereocenters. The lowest BCUT2D eigenvalue weighted by Gasteiger charge is -2.10. The third kappa shape index (κ3) is 5.30. The summed E-state index contributed by atoms with van der Waals surface area (Å²) in [4.78, 5) is 0. The Hall–Kier alpha value is -2.39. The van der Waals surface area contributed by atoms with Crippen LogP contribution in [0.4, 0.5) is 0 Å². The SMILES string of the molecule is Cc1cc(C)[n+](-c2ccccc2)c(=S)n1-c1ccccc1.O=S(=O)([O-])O. The molecule has 0 amide bonds.